The molecule has 2 saturated carbocycles. The van der Waals surface area contributed by atoms with E-state index in [1.54, 1.807) is 13.1 Å². The maximum Gasteiger partial charge on any atom is 0.315 e. The molecular weight excluding hydrogens is 548 g/mol. The fourth-order valence-corrected chi connectivity index (χ4v) is 6.60. The van der Waals surface area contributed by atoms with E-state index in [0.29, 0.717) is 25.8 Å². The number of nitrogens with zero attached hydrogens (tertiary/aromatic N) is 2. The molecule has 4 atom stereocenters. The van der Waals surface area contributed by atoms with Gasteiger partial charge in [0.05, 0.1) is 6.04 Å². The Morgan fingerprint density at radius 3 is 2.42 bits per heavy atom. The number of nitrogens with two attached hydrogens (primary N) is 1. The van der Waals surface area contributed by atoms with E-state index in [1.165, 1.54) is 4.90 Å². The van der Waals surface area contributed by atoms with Gasteiger partial charge in [-0.15, -0.1) is 0 Å². The first-order valence-corrected chi connectivity index (χ1v) is 15.5. The van der Waals surface area contributed by atoms with Crippen LogP contribution in [0, 0.1) is 11.8 Å². The first-order valence-electron chi connectivity index (χ1n) is 15.5. The number of nitrogens with one attached hydrogen (secondary N) is 3. The number of hydrogen-bond acceptors (Lipinski definition) is 6. The minimum atomic E-state index is -1.09. The largest absolute Gasteiger partial charge is 0.363 e. The maximum absolute atomic E-state index is 13.7. The lowest BCUT2D eigenvalue weighted by atomic mass is 9.77. The number of amides is 5. The number of aromatic nitrogens is 1. The Hall–Kier alpha value is -3.76. The van der Waals surface area contributed by atoms with Gasteiger partial charge in [0, 0.05) is 30.4 Å². The van der Waals surface area contributed by atoms with Gasteiger partial charge < -0.3 is 26.6 Å². The summed E-state index contributed by atoms with van der Waals surface area (Å²) < 4.78 is 0. The fraction of sp³-hybridized carbons (Fsp3) is 0.625. The number of primary amides is 1. The van der Waals surface area contributed by atoms with E-state index in [1.807, 2.05) is 38.3 Å². The molecule has 234 valence electrons. The third-order valence-corrected chi connectivity index (χ3v) is 8.86. The summed E-state index contributed by atoms with van der Waals surface area (Å²) in [6.07, 6.45) is 13.7. The van der Waals surface area contributed by atoms with Gasteiger partial charge >= 0.3 is 6.03 Å². The predicted octanol–water partition coefficient (Wildman–Crippen LogP) is 2.54. The van der Waals surface area contributed by atoms with Crippen molar-refractivity contribution in [1.29, 1.82) is 0 Å². The van der Waals surface area contributed by atoms with Crippen LogP contribution in [-0.4, -0.2) is 69.6 Å². The lowest BCUT2D eigenvalue weighted by Crippen LogP contribution is -2.59. The van der Waals surface area contributed by atoms with Crippen LogP contribution in [0.2, 0.25) is 0 Å². The molecule has 11 nitrogen and oxygen atoms in total. The minimum absolute atomic E-state index is 0.261. The molecule has 43 heavy (non-hydrogen) atoms. The van der Waals surface area contributed by atoms with E-state index in [0.717, 1.165) is 56.1 Å². The van der Waals surface area contributed by atoms with Crippen molar-refractivity contribution in [3.63, 3.8) is 0 Å². The summed E-state index contributed by atoms with van der Waals surface area (Å²) in [5.74, 6) is -2.81. The van der Waals surface area contributed by atoms with Gasteiger partial charge in [-0.25, -0.2) is 4.79 Å². The average molecular weight is 595 g/mol. The van der Waals surface area contributed by atoms with Gasteiger partial charge in [-0.05, 0) is 70.4 Å². The van der Waals surface area contributed by atoms with Gasteiger partial charge in [-0.2, -0.15) is 0 Å². The number of urea groups is 1. The Morgan fingerprint density at radius 1 is 1.09 bits per heavy atom. The molecule has 1 aromatic rings. The summed E-state index contributed by atoms with van der Waals surface area (Å²) >= 11 is 0. The summed E-state index contributed by atoms with van der Waals surface area (Å²) in [6, 6.07) is 0.666. The zero-order chi connectivity index (χ0) is 31.1. The lowest BCUT2D eigenvalue weighted by molar-refractivity contribution is -0.142. The van der Waals surface area contributed by atoms with Crippen molar-refractivity contribution >= 4 is 29.5 Å². The molecule has 3 aliphatic rings. The molecule has 4 rings (SSSR count). The second kappa shape index (κ2) is 14.1. The quantitative estimate of drug-likeness (QED) is 0.215. The fourth-order valence-electron chi connectivity index (χ4n) is 6.60. The molecule has 11 heteroatoms. The van der Waals surface area contributed by atoms with E-state index < -0.39 is 47.3 Å². The van der Waals surface area contributed by atoms with Crippen LogP contribution in [0.3, 0.4) is 0 Å². The summed E-state index contributed by atoms with van der Waals surface area (Å²) in [4.78, 5) is 70.6. The molecule has 1 aromatic heterocycles. The highest BCUT2D eigenvalue weighted by molar-refractivity contribution is 6.37. The maximum atomic E-state index is 13.7. The Balaban J connectivity index is 1.45. The highest BCUT2D eigenvalue weighted by Crippen LogP contribution is 2.34. The minimum Gasteiger partial charge on any atom is -0.363 e. The van der Waals surface area contributed by atoms with E-state index in [9.17, 15) is 24.0 Å². The van der Waals surface area contributed by atoms with Crippen LogP contribution in [0.25, 0.3) is 0 Å². The van der Waals surface area contributed by atoms with E-state index >= 15 is 0 Å². The standard InChI is InChI=1S/C32H46N6O5/c1-20(2)16-24-11-15-38(26(24)29(41)36-25(17-22-9-10-22)27(39)28(33)40)30(42)21(3)35-31(43)37-32(12-5-4-6-13-32)18-23-8-7-14-34-19-23/h7-8,14,16,19,21-22,24-26H,4-6,9-13,15,17-18H2,1-3H3,(H2,33,40)(H,36,41)(H2,35,37,43)/t21-,24+,25?,26-/m0/s1. The van der Waals surface area contributed by atoms with Crippen LogP contribution in [-0.2, 0) is 25.6 Å². The highest BCUT2D eigenvalue weighted by Gasteiger charge is 2.44. The summed E-state index contributed by atoms with van der Waals surface area (Å²) in [5, 5.41) is 8.74. The van der Waals surface area contributed by atoms with Crippen molar-refractivity contribution in [3.8, 4) is 0 Å². The number of ketones is 1. The van der Waals surface area contributed by atoms with Crippen LogP contribution in [0.4, 0.5) is 4.79 Å². The number of allylic oxidation sites excluding steroid dienone is 1. The van der Waals surface area contributed by atoms with Gasteiger partial charge in [0.2, 0.25) is 17.6 Å². The molecule has 1 unspecified atom stereocenters. The van der Waals surface area contributed by atoms with E-state index in [4.69, 9.17) is 5.73 Å². The number of rotatable bonds is 12. The third kappa shape index (κ3) is 8.64. The van der Waals surface area contributed by atoms with Crippen molar-refractivity contribution in [3.05, 3.63) is 41.7 Å². The number of carbonyl (C=O) groups is 5. The van der Waals surface area contributed by atoms with Gasteiger partial charge in [0.15, 0.2) is 0 Å². The molecule has 0 spiro atoms. The van der Waals surface area contributed by atoms with E-state index in [2.05, 4.69) is 20.9 Å². The summed E-state index contributed by atoms with van der Waals surface area (Å²) in [5.41, 5.74) is 6.88. The van der Waals surface area contributed by atoms with Crippen molar-refractivity contribution in [1.82, 2.24) is 25.8 Å². The van der Waals surface area contributed by atoms with Crippen LogP contribution in [0.15, 0.2) is 36.2 Å². The Labute approximate surface area is 253 Å². The highest BCUT2D eigenvalue weighted by atomic mass is 16.2. The molecule has 0 radical (unpaired) electrons. The second-order valence-electron chi connectivity index (χ2n) is 12.8. The first kappa shape index (κ1) is 32.2. The second-order valence-corrected chi connectivity index (χ2v) is 12.8. The molecule has 5 amide bonds. The predicted molar refractivity (Wildman–Crippen MR) is 161 cm³/mol. The third-order valence-electron chi connectivity index (χ3n) is 8.86. The van der Waals surface area contributed by atoms with Crippen LogP contribution in [0.1, 0.15) is 84.1 Å². The molecule has 3 fully saturated rings. The van der Waals surface area contributed by atoms with Gasteiger partial charge in [0.25, 0.3) is 5.91 Å². The molecule has 2 aliphatic carbocycles. The molecule has 0 aromatic carbocycles. The zero-order valence-corrected chi connectivity index (χ0v) is 25.6. The average Bonchev–Trinajstić information content (AvgIpc) is 3.68. The number of carbonyl (C=O) groups excluding carboxylic acids is 5. The molecule has 1 aliphatic heterocycles. The molecule has 2 heterocycles. The Morgan fingerprint density at radius 2 is 1.81 bits per heavy atom. The topological polar surface area (TPSA) is 164 Å². The lowest BCUT2D eigenvalue weighted by Gasteiger charge is -2.38. The molecule has 5 N–H and O–H groups in total. The van der Waals surface area contributed by atoms with Crippen molar-refractivity contribution in [2.45, 2.75) is 109 Å². The van der Waals surface area contributed by atoms with Gasteiger partial charge in [0.1, 0.15) is 12.1 Å². The van der Waals surface area contributed by atoms with Crippen molar-refractivity contribution in [2.75, 3.05) is 6.54 Å². The number of hydrogen-bond donors (Lipinski definition) is 4. The van der Waals surface area contributed by atoms with Gasteiger partial charge in [-0.1, -0.05) is 49.8 Å². The van der Waals surface area contributed by atoms with Crippen molar-refractivity contribution < 1.29 is 24.0 Å². The summed E-state index contributed by atoms with van der Waals surface area (Å²) in [7, 11) is 0. The Kier molecular flexibility index (Phi) is 10.6. The smallest absolute Gasteiger partial charge is 0.315 e. The molecule has 1 saturated heterocycles. The van der Waals surface area contributed by atoms with Gasteiger partial charge in [-0.3, -0.25) is 24.2 Å². The van der Waals surface area contributed by atoms with Crippen LogP contribution >= 0.6 is 0 Å². The SMILES string of the molecule is CC(C)=C[C@H]1CCN(C(=O)[C@H](C)NC(=O)NC2(Cc3cccnc3)CCCCC2)[C@@H]1C(=O)NC(CC1CC1)C(=O)C(N)=O. The molecule has 0 bridgehead atoms. The monoisotopic (exact) mass is 594 g/mol. The zero-order valence-electron chi connectivity index (χ0n) is 25.6. The van der Waals surface area contributed by atoms with E-state index in [-0.39, 0.29) is 17.7 Å². The van der Waals surface area contributed by atoms with Crippen molar-refractivity contribution in [2.24, 2.45) is 17.6 Å². The number of Topliss-reactive ketones (excluding diaryl/α,β-unsaturated/α-hetero) is 1. The molecular formula is C32H46N6O5. The number of pyridine rings is 1. The van der Waals surface area contributed by atoms with Crippen LogP contribution < -0.4 is 21.7 Å². The normalized spacial score (nSPS) is 22.5. The summed E-state index contributed by atoms with van der Waals surface area (Å²) in [6.45, 7) is 5.79. The Bertz CT molecular complexity index is 1220. The number of likely N-dealkylation sites (tertiary alicyclic amines) is 1. The van der Waals surface area contributed by atoms with Crippen LogP contribution in [0.5, 0.6) is 0 Å². The first-order chi connectivity index (χ1) is 20.5.